The smallest absolute Gasteiger partial charge is 0.180 e. The van der Waals surface area contributed by atoms with Crippen LogP contribution in [0.15, 0.2) is 16.7 Å². The molecule has 0 aliphatic rings. The van der Waals surface area contributed by atoms with Gasteiger partial charge in [-0.2, -0.15) is 5.10 Å². The molecule has 2 aromatic rings. The van der Waals surface area contributed by atoms with Gasteiger partial charge < -0.3 is 0 Å². The van der Waals surface area contributed by atoms with Gasteiger partial charge in [0.2, 0.25) is 0 Å². The Kier molecular flexibility index (Phi) is 2.95. The Morgan fingerprint density at radius 1 is 1.27 bits per heavy atom. The average Bonchev–Trinajstić information content (AvgIpc) is 2.60. The topological polar surface area (TPSA) is 43.6 Å². The molecule has 78 valence electrons. The molecule has 7 heteroatoms. The van der Waals surface area contributed by atoms with Crippen molar-refractivity contribution in [1.82, 2.24) is 19.7 Å². The third-order valence-corrected chi connectivity index (χ3v) is 3.58. The van der Waals surface area contributed by atoms with Gasteiger partial charge in [0.05, 0.1) is 4.47 Å². The van der Waals surface area contributed by atoms with Crippen LogP contribution in [0.1, 0.15) is 0 Å². The molecule has 0 saturated carbocycles. The lowest BCUT2D eigenvalue weighted by atomic mass is 10.4. The largest absolute Gasteiger partial charge is 0.265 e. The molecule has 2 heterocycles. The van der Waals surface area contributed by atoms with Crippen molar-refractivity contribution < 1.29 is 0 Å². The highest BCUT2D eigenvalue weighted by atomic mass is 79.9. The Morgan fingerprint density at radius 3 is 2.33 bits per heavy atom. The summed E-state index contributed by atoms with van der Waals surface area (Å²) >= 11 is 14.9. The lowest BCUT2D eigenvalue weighted by Crippen LogP contribution is -1.98. The Balaban J connectivity index is 2.60. The van der Waals surface area contributed by atoms with Crippen LogP contribution in [0.3, 0.4) is 0 Å². The molecule has 0 atom stereocenters. The van der Waals surface area contributed by atoms with E-state index in [0.29, 0.717) is 10.3 Å². The molecule has 0 radical (unpaired) electrons. The van der Waals surface area contributed by atoms with Gasteiger partial charge in [-0.05, 0) is 22.0 Å². The first-order chi connectivity index (χ1) is 7.09. The van der Waals surface area contributed by atoms with Crippen molar-refractivity contribution in [1.29, 1.82) is 0 Å². The van der Waals surface area contributed by atoms with E-state index in [1.54, 1.807) is 24.0 Å². The van der Waals surface area contributed by atoms with E-state index >= 15 is 0 Å². The van der Waals surface area contributed by atoms with Crippen LogP contribution in [-0.4, -0.2) is 19.7 Å². The number of rotatable bonds is 1. The van der Waals surface area contributed by atoms with E-state index in [9.17, 15) is 0 Å². The molecule has 15 heavy (non-hydrogen) atoms. The Bertz CT molecular complexity index is 488. The first-order valence-corrected chi connectivity index (χ1v) is 5.51. The van der Waals surface area contributed by atoms with E-state index in [-0.39, 0.29) is 10.3 Å². The number of halogens is 3. The molecule has 0 spiro atoms. The minimum atomic E-state index is 0.284. The van der Waals surface area contributed by atoms with Gasteiger partial charge in [0.1, 0.15) is 16.0 Å². The molecule has 0 bridgehead atoms. The maximum Gasteiger partial charge on any atom is 0.180 e. The number of hydrogen-bond acceptors (Lipinski definition) is 3. The van der Waals surface area contributed by atoms with Gasteiger partial charge in [-0.15, -0.1) is 0 Å². The summed E-state index contributed by atoms with van der Waals surface area (Å²) in [5.74, 6) is 0.452. The van der Waals surface area contributed by atoms with E-state index in [2.05, 4.69) is 31.0 Å². The molecule has 0 N–H and O–H groups in total. The zero-order chi connectivity index (χ0) is 11.0. The second-order valence-corrected chi connectivity index (χ2v) is 4.29. The van der Waals surface area contributed by atoms with Crippen LogP contribution in [0.2, 0.25) is 10.3 Å². The molecule has 0 aliphatic carbocycles. The van der Waals surface area contributed by atoms with Gasteiger partial charge in [0.15, 0.2) is 5.82 Å². The summed E-state index contributed by atoms with van der Waals surface area (Å²) in [7, 11) is 1.79. The van der Waals surface area contributed by atoms with Gasteiger partial charge in [-0.1, -0.05) is 23.2 Å². The normalized spacial score (nSPS) is 10.7. The Hall–Kier alpha value is -0.650. The summed E-state index contributed by atoms with van der Waals surface area (Å²) in [6.07, 6.45) is 1.66. The van der Waals surface area contributed by atoms with Crippen LogP contribution in [0.25, 0.3) is 11.5 Å². The molecule has 0 aliphatic heterocycles. The lowest BCUT2D eigenvalue weighted by Gasteiger charge is -2.03. The van der Waals surface area contributed by atoms with Crippen LogP contribution in [0.5, 0.6) is 0 Å². The van der Waals surface area contributed by atoms with E-state index in [1.165, 1.54) is 0 Å². The molecule has 2 rings (SSSR count). The third kappa shape index (κ3) is 2.00. The van der Waals surface area contributed by atoms with Crippen molar-refractivity contribution in [2.45, 2.75) is 0 Å². The van der Waals surface area contributed by atoms with Crippen LogP contribution >= 0.6 is 39.1 Å². The van der Waals surface area contributed by atoms with Crippen LogP contribution in [-0.2, 0) is 7.05 Å². The number of hydrogen-bond donors (Lipinski definition) is 0. The van der Waals surface area contributed by atoms with Crippen LogP contribution in [0.4, 0.5) is 0 Å². The van der Waals surface area contributed by atoms with Crippen molar-refractivity contribution in [2.75, 3.05) is 0 Å². The monoisotopic (exact) mass is 306 g/mol. The van der Waals surface area contributed by atoms with Crippen LogP contribution < -0.4 is 0 Å². The number of aryl methyl sites for hydroxylation is 1. The van der Waals surface area contributed by atoms with Gasteiger partial charge in [0.25, 0.3) is 0 Å². The van der Waals surface area contributed by atoms with Crippen molar-refractivity contribution >= 4 is 39.1 Å². The zero-order valence-electron chi connectivity index (χ0n) is 7.58. The number of aromatic nitrogens is 4. The standard InChI is InChI=1S/C8H5BrCl2N4/c1-15-4(2-3-12-15)8-13-6(10)5(9)7(11)14-8/h2-3H,1H3. The van der Waals surface area contributed by atoms with Crippen LogP contribution in [0, 0.1) is 0 Å². The first-order valence-electron chi connectivity index (χ1n) is 3.96. The summed E-state index contributed by atoms with van der Waals surface area (Å²) in [5.41, 5.74) is 0.756. The summed E-state index contributed by atoms with van der Waals surface area (Å²) in [6, 6.07) is 1.79. The molecular weight excluding hydrogens is 303 g/mol. The summed E-state index contributed by atoms with van der Waals surface area (Å²) < 4.78 is 2.15. The van der Waals surface area contributed by atoms with Gasteiger partial charge in [-0.25, -0.2) is 9.97 Å². The van der Waals surface area contributed by atoms with Crippen molar-refractivity contribution in [3.63, 3.8) is 0 Å². The van der Waals surface area contributed by atoms with Crippen molar-refractivity contribution in [3.05, 3.63) is 27.0 Å². The molecule has 0 fully saturated rings. The fourth-order valence-electron chi connectivity index (χ4n) is 1.10. The maximum atomic E-state index is 5.88. The lowest BCUT2D eigenvalue weighted by molar-refractivity contribution is 0.769. The Labute approximate surface area is 104 Å². The molecular formula is C8H5BrCl2N4. The molecule has 0 saturated heterocycles. The molecule has 0 aromatic carbocycles. The fourth-order valence-corrected chi connectivity index (χ4v) is 1.67. The maximum absolute atomic E-state index is 5.88. The predicted octanol–water partition coefficient (Wildman–Crippen LogP) is 2.95. The number of nitrogens with zero attached hydrogens (tertiary/aromatic N) is 4. The zero-order valence-corrected chi connectivity index (χ0v) is 10.7. The first kappa shape index (κ1) is 10.9. The van der Waals surface area contributed by atoms with Gasteiger partial charge in [0, 0.05) is 13.2 Å². The van der Waals surface area contributed by atoms with Crippen molar-refractivity contribution in [3.8, 4) is 11.5 Å². The molecule has 4 nitrogen and oxygen atoms in total. The highest BCUT2D eigenvalue weighted by molar-refractivity contribution is 9.10. The molecule has 0 amide bonds. The SMILES string of the molecule is Cn1nccc1-c1nc(Cl)c(Br)c(Cl)n1. The predicted molar refractivity (Wildman–Crippen MR) is 62.0 cm³/mol. The molecule has 2 aromatic heterocycles. The summed E-state index contributed by atoms with van der Waals surface area (Å²) in [5, 5.41) is 4.58. The third-order valence-electron chi connectivity index (χ3n) is 1.82. The van der Waals surface area contributed by atoms with Crippen molar-refractivity contribution in [2.24, 2.45) is 7.05 Å². The van der Waals surface area contributed by atoms with Gasteiger partial charge in [-0.3, -0.25) is 4.68 Å². The van der Waals surface area contributed by atoms with Gasteiger partial charge >= 0.3 is 0 Å². The fraction of sp³-hybridized carbons (Fsp3) is 0.125. The average molecular weight is 308 g/mol. The quantitative estimate of drug-likeness (QED) is 0.761. The van der Waals surface area contributed by atoms with E-state index in [1.807, 2.05) is 0 Å². The summed E-state index contributed by atoms with van der Waals surface area (Å²) in [4.78, 5) is 8.20. The minimum absolute atomic E-state index is 0.284. The Morgan fingerprint density at radius 2 is 1.87 bits per heavy atom. The highest BCUT2D eigenvalue weighted by Crippen LogP contribution is 2.29. The molecule has 0 unspecified atom stereocenters. The van der Waals surface area contributed by atoms with E-state index in [0.717, 1.165) is 5.69 Å². The van der Waals surface area contributed by atoms with E-state index < -0.39 is 0 Å². The second kappa shape index (κ2) is 4.08. The van der Waals surface area contributed by atoms with E-state index in [4.69, 9.17) is 23.2 Å². The highest BCUT2D eigenvalue weighted by Gasteiger charge is 2.12. The minimum Gasteiger partial charge on any atom is -0.265 e. The second-order valence-electron chi connectivity index (χ2n) is 2.78. The summed E-state index contributed by atoms with van der Waals surface area (Å²) in [6.45, 7) is 0.